The van der Waals surface area contributed by atoms with Gasteiger partial charge in [-0.15, -0.1) is 0 Å². The van der Waals surface area contributed by atoms with Gasteiger partial charge in [0.25, 0.3) is 0 Å². The first-order chi connectivity index (χ1) is 9.58. The molecule has 3 N–H and O–H groups in total. The SMILES string of the molecule is CCCOc1nc(N)nc(Nc2ccc(Br)cc2C)n1. The number of ether oxygens (including phenoxy) is 1. The van der Waals surface area contributed by atoms with Crippen molar-refractivity contribution in [3.63, 3.8) is 0 Å². The highest BCUT2D eigenvalue weighted by atomic mass is 79.9. The molecule has 0 saturated heterocycles. The third-order valence-corrected chi connectivity index (χ3v) is 3.00. The Morgan fingerprint density at radius 1 is 1.30 bits per heavy atom. The molecular weight excluding hydrogens is 322 g/mol. The minimum atomic E-state index is 0.128. The largest absolute Gasteiger partial charge is 0.463 e. The van der Waals surface area contributed by atoms with Crippen LogP contribution in [-0.2, 0) is 0 Å². The van der Waals surface area contributed by atoms with E-state index in [2.05, 4.69) is 36.2 Å². The molecule has 0 aliphatic heterocycles. The van der Waals surface area contributed by atoms with Crippen LogP contribution in [-0.4, -0.2) is 21.6 Å². The van der Waals surface area contributed by atoms with Crippen molar-refractivity contribution in [3.8, 4) is 6.01 Å². The lowest BCUT2D eigenvalue weighted by Gasteiger charge is -2.10. The van der Waals surface area contributed by atoms with Crippen molar-refractivity contribution in [1.82, 2.24) is 15.0 Å². The fraction of sp³-hybridized carbons (Fsp3) is 0.308. The number of anilines is 3. The molecule has 2 rings (SSSR count). The van der Waals surface area contributed by atoms with E-state index >= 15 is 0 Å². The van der Waals surface area contributed by atoms with E-state index in [-0.39, 0.29) is 12.0 Å². The number of nitrogens with zero attached hydrogens (tertiary/aromatic N) is 3. The third kappa shape index (κ3) is 3.80. The highest BCUT2D eigenvalue weighted by Crippen LogP contribution is 2.23. The van der Waals surface area contributed by atoms with Crippen LogP contribution in [0.4, 0.5) is 17.6 Å². The van der Waals surface area contributed by atoms with Crippen molar-refractivity contribution in [3.05, 3.63) is 28.2 Å². The summed E-state index contributed by atoms with van der Waals surface area (Å²) in [4.78, 5) is 12.2. The van der Waals surface area contributed by atoms with Gasteiger partial charge in [-0.25, -0.2) is 0 Å². The molecule has 1 aromatic carbocycles. The Labute approximate surface area is 125 Å². The Morgan fingerprint density at radius 3 is 2.80 bits per heavy atom. The lowest BCUT2D eigenvalue weighted by Crippen LogP contribution is -2.07. The van der Waals surface area contributed by atoms with Crippen molar-refractivity contribution >= 4 is 33.5 Å². The summed E-state index contributed by atoms with van der Waals surface area (Å²) in [6.07, 6.45) is 0.875. The summed E-state index contributed by atoms with van der Waals surface area (Å²) < 4.78 is 6.39. The van der Waals surface area contributed by atoms with Crippen LogP contribution in [0.15, 0.2) is 22.7 Å². The van der Waals surface area contributed by atoms with Gasteiger partial charge in [0.2, 0.25) is 11.9 Å². The zero-order valence-corrected chi connectivity index (χ0v) is 12.9. The lowest BCUT2D eigenvalue weighted by molar-refractivity contribution is 0.292. The van der Waals surface area contributed by atoms with Crippen molar-refractivity contribution < 1.29 is 4.74 Å². The summed E-state index contributed by atoms with van der Waals surface area (Å²) in [5.41, 5.74) is 7.62. The van der Waals surface area contributed by atoms with E-state index in [4.69, 9.17) is 10.5 Å². The predicted molar refractivity (Wildman–Crippen MR) is 82.2 cm³/mol. The number of halogens is 1. The maximum Gasteiger partial charge on any atom is 0.323 e. The van der Waals surface area contributed by atoms with Gasteiger partial charge in [0.05, 0.1) is 6.61 Å². The average molecular weight is 338 g/mol. The van der Waals surface area contributed by atoms with Gasteiger partial charge in [-0.1, -0.05) is 22.9 Å². The molecule has 6 nitrogen and oxygen atoms in total. The maximum absolute atomic E-state index is 5.66. The molecule has 7 heteroatoms. The van der Waals surface area contributed by atoms with E-state index in [0.717, 1.165) is 22.1 Å². The first-order valence-electron chi connectivity index (χ1n) is 6.26. The van der Waals surface area contributed by atoms with Crippen LogP contribution < -0.4 is 15.8 Å². The first-order valence-corrected chi connectivity index (χ1v) is 7.05. The van der Waals surface area contributed by atoms with Crippen LogP contribution in [0.2, 0.25) is 0 Å². The molecule has 106 valence electrons. The van der Waals surface area contributed by atoms with E-state index in [1.807, 2.05) is 32.0 Å². The summed E-state index contributed by atoms with van der Waals surface area (Å²) in [7, 11) is 0. The van der Waals surface area contributed by atoms with Crippen LogP contribution in [0, 0.1) is 6.92 Å². The monoisotopic (exact) mass is 337 g/mol. The fourth-order valence-corrected chi connectivity index (χ4v) is 2.05. The molecule has 0 saturated carbocycles. The van der Waals surface area contributed by atoms with Crippen LogP contribution in [0.5, 0.6) is 6.01 Å². The minimum absolute atomic E-state index is 0.128. The zero-order chi connectivity index (χ0) is 14.5. The topological polar surface area (TPSA) is 86.0 Å². The van der Waals surface area contributed by atoms with Crippen LogP contribution in [0.3, 0.4) is 0 Å². The van der Waals surface area contributed by atoms with E-state index in [0.29, 0.717) is 12.6 Å². The second kappa shape index (κ2) is 6.51. The number of aromatic nitrogens is 3. The molecule has 1 aromatic heterocycles. The van der Waals surface area contributed by atoms with Crippen molar-refractivity contribution in [2.75, 3.05) is 17.7 Å². The lowest BCUT2D eigenvalue weighted by atomic mass is 10.2. The Morgan fingerprint density at radius 2 is 2.10 bits per heavy atom. The fourth-order valence-electron chi connectivity index (χ4n) is 1.57. The smallest absolute Gasteiger partial charge is 0.323 e. The van der Waals surface area contributed by atoms with E-state index in [1.165, 1.54) is 0 Å². The van der Waals surface area contributed by atoms with Gasteiger partial charge in [-0.05, 0) is 37.1 Å². The molecule has 20 heavy (non-hydrogen) atoms. The molecule has 0 aliphatic rings. The zero-order valence-electron chi connectivity index (χ0n) is 11.4. The standard InChI is InChI=1S/C13H16BrN5O/c1-3-6-20-13-18-11(15)17-12(19-13)16-10-5-4-9(14)7-8(10)2/h4-5,7H,3,6H2,1-2H3,(H3,15,16,17,18,19). The number of nitrogens with two attached hydrogens (primary N) is 1. The highest BCUT2D eigenvalue weighted by molar-refractivity contribution is 9.10. The maximum atomic E-state index is 5.66. The Bertz CT molecular complexity index is 605. The Kier molecular flexibility index (Phi) is 4.73. The van der Waals surface area contributed by atoms with Crippen LogP contribution in [0.1, 0.15) is 18.9 Å². The number of aryl methyl sites for hydroxylation is 1. The summed E-state index contributed by atoms with van der Waals surface area (Å²) in [6.45, 7) is 4.54. The molecule has 0 atom stereocenters. The molecule has 0 bridgehead atoms. The third-order valence-electron chi connectivity index (χ3n) is 2.50. The van der Waals surface area contributed by atoms with E-state index < -0.39 is 0 Å². The molecule has 1 heterocycles. The van der Waals surface area contributed by atoms with Gasteiger partial charge in [0.15, 0.2) is 0 Å². The van der Waals surface area contributed by atoms with Gasteiger partial charge in [0.1, 0.15) is 0 Å². The molecule has 0 unspecified atom stereocenters. The number of nitrogen functional groups attached to an aromatic ring is 1. The highest BCUT2D eigenvalue weighted by Gasteiger charge is 2.07. The molecule has 0 spiro atoms. The number of benzene rings is 1. The summed E-state index contributed by atoms with van der Waals surface area (Å²) >= 11 is 3.42. The second-order valence-electron chi connectivity index (χ2n) is 4.23. The quantitative estimate of drug-likeness (QED) is 0.871. The molecule has 0 fully saturated rings. The Balaban J connectivity index is 2.21. The van der Waals surface area contributed by atoms with Gasteiger partial charge < -0.3 is 15.8 Å². The summed E-state index contributed by atoms with van der Waals surface area (Å²) in [5.74, 6) is 0.498. The average Bonchev–Trinajstić information content (AvgIpc) is 2.39. The van der Waals surface area contributed by atoms with Gasteiger partial charge >= 0.3 is 6.01 Å². The van der Waals surface area contributed by atoms with Crippen molar-refractivity contribution in [2.45, 2.75) is 20.3 Å². The van der Waals surface area contributed by atoms with Crippen LogP contribution >= 0.6 is 15.9 Å². The van der Waals surface area contributed by atoms with E-state index in [1.54, 1.807) is 0 Å². The molecule has 0 radical (unpaired) electrons. The first kappa shape index (κ1) is 14.5. The molecule has 0 amide bonds. The predicted octanol–water partition coefficient (Wildman–Crippen LogP) is 3.06. The normalized spacial score (nSPS) is 10.3. The molecule has 2 aromatic rings. The van der Waals surface area contributed by atoms with Crippen molar-refractivity contribution in [2.24, 2.45) is 0 Å². The summed E-state index contributed by atoms with van der Waals surface area (Å²) in [5, 5.41) is 3.11. The second-order valence-corrected chi connectivity index (χ2v) is 5.15. The summed E-state index contributed by atoms with van der Waals surface area (Å²) in [6, 6.07) is 6.11. The molecular formula is C13H16BrN5O. The van der Waals surface area contributed by atoms with E-state index in [9.17, 15) is 0 Å². The number of hydrogen-bond acceptors (Lipinski definition) is 6. The minimum Gasteiger partial charge on any atom is -0.463 e. The van der Waals surface area contributed by atoms with Gasteiger partial charge in [0, 0.05) is 10.2 Å². The van der Waals surface area contributed by atoms with Crippen molar-refractivity contribution in [1.29, 1.82) is 0 Å². The Hall–Kier alpha value is -1.89. The van der Waals surface area contributed by atoms with Gasteiger partial charge in [-0.2, -0.15) is 15.0 Å². The van der Waals surface area contributed by atoms with Crippen LogP contribution in [0.25, 0.3) is 0 Å². The van der Waals surface area contributed by atoms with Gasteiger partial charge in [-0.3, -0.25) is 0 Å². The number of rotatable bonds is 5. The number of hydrogen-bond donors (Lipinski definition) is 2. The number of nitrogens with one attached hydrogen (secondary N) is 1. The molecule has 0 aliphatic carbocycles.